The molecule has 228 valence electrons. The van der Waals surface area contributed by atoms with Crippen molar-refractivity contribution in [3.8, 4) is 0 Å². The first-order valence-electron chi connectivity index (χ1n) is 14.7. The molecule has 0 radical (unpaired) electrons. The van der Waals surface area contributed by atoms with Gasteiger partial charge in [-0.1, -0.05) is 30.3 Å². The van der Waals surface area contributed by atoms with Crippen LogP contribution >= 0.6 is 0 Å². The number of nitrogens with zero attached hydrogens (tertiary/aromatic N) is 3. The van der Waals surface area contributed by atoms with E-state index in [1.54, 1.807) is 47.4 Å². The molecule has 6 rings (SSSR count). The summed E-state index contributed by atoms with van der Waals surface area (Å²) < 4.78 is 48.5. The summed E-state index contributed by atoms with van der Waals surface area (Å²) >= 11 is 0. The van der Waals surface area contributed by atoms with E-state index in [0.717, 1.165) is 18.7 Å². The predicted octanol–water partition coefficient (Wildman–Crippen LogP) is 4.94. The average molecular weight is 597 g/mol. The summed E-state index contributed by atoms with van der Waals surface area (Å²) in [7, 11) is 0. The molecule has 0 unspecified atom stereocenters. The molecule has 1 aromatic heterocycles. The molecule has 1 atom stereocenters. The van der Waals surface area contributed by atoms with Crippen LogP contribution in [0.15, 0.2) is 54.9 Å². The van der Waals surface area contributed by atoms with Crippen molar-refractivity contribution in [3.05, 3.63) is 88.5 Å². The summed E-state index contributed by atoms with van der Waals surface area (Å²) in [5.41, 5.74) is 2.51. The number of ether oxygens (including phenoxy) is 1. The highest BCUT2D eigenvalue weighted by atomic mass is 19.3. The number of hydrogen-bond acceptors (Lipinski definition) is 5. The maximum Gasteiger partial charge on any atom is 0.336 e. The van der Waals surface area contributed by atoms with Crippen molar-refractivity contribution in [2.75, 3.05) is 32.8 Å². The van der Waals surface area contributed by atoms with Gasteiger partial charge in [0.2, 0.25) is 5.92 Å². The Bertz CT molecular complexity index is 1480. The molecule has 43 heavy (non-hydrogen) atoms. The van der Waals surface area contributed by atoms with Crippen molar-refractivity contribution in [1.29, 1.82) is 0 Å². The molecule has 2 saturated heterocycles. The molecule has 3 aromatic rings. The van der Waals surface area contributed by atoms with E-state index >= 15 is 0 Å². The zero-order valence-corrected chi connectivity index (χ0v) is 23.8. The lowest BCUT2D eigenvalue weighted by Gasteiger charge is -2.43. The van der Waals surface area contributed by atoms with Gasteiger partial charge in [0.05, 0.1) is 37.1 Å². The van der Waals surface area contributed by atoms with E-state index in [2.05, 4.69) is 10.4 Å². The monoisotopic (exact) mass is 596 g/mol. The van der Waals surface area contributed by atoms with Crippen LogP contribution in [0.25, 0.3) is 0 Å². The zero-order chi connectivity index (χ0) is 30.2. The minimum Gasteiger partial charge on any atom is -0.478 e. The summed E-state index contributed by atoms with van der Waals surface area (Å²) in [6.45, 7) is 3.47. The number of halogens is 3. The maximum absolute atomic E-state index is 13.7. The Labute approximate surface area is 247 Å². The van der Waals surface area contributed by atoms with E-state index in [0.29, 0.717) is 42.9 Å². The molecule has 2 aromatic carbocycles. The van der Waals surface area contributed by atoms with E-state index < -0.39 is 11.9 Å². The molecule has 3 fully saturated rings. The van der Waals surface area contributed by atoms with Gasteiger partial charge >= 0.3 is 5.97 Å². The van der Waals surface area contributed by atoms with Crippen LogP contribution in [0, 0.1) is 17.2 Å². The normalized spacial score (nSPS) is 21.2. The number of aromatic nitrogens is 2. The number of hydrogen-bond donors (Lipinski definition) is 2. The molecular formula is C32H35F3N4O4. The molecule has 3 aliphatic rings. The maximum atomic E-state index is 13.7. The van der Waals surface area contributed by atoms with Crippen LogP contribution in [0.2, 0.25) is 0 Å². The number of nitrogens with one attached hydrogen (secondary N) is 1. The number of benzene rings is 2. The van der Waals surface area contributed by atoms with Crippen LogP contribution in [0.4, 0.5) is 13.2 Å². The SMILES string of the molecule is O=C(O)c1c(COC[C@@H]2CN(C(=O)c3cnn(Cc4ccc(F)cc4)c3)CC23CNC3)cccc1C1CCC(F)(F)CC1. The Balaban J connectivity index is 1.09. The first kappa shape index (κ1) is 29.4. The van der Waals surface area contributed by atoms with Crippen LogP contribution in [0.5, 0.6) is 0 Å². The Hall–Kier alpha value is -3.70. The smallest absolute Gasteiger partial charge is 0.336 e. The number of likely N-dealkylation sites (tertiary alicyclic amines) is 1. The molecule has 11 heteroatoms. The van der Waals surface area contributed by atoms with Gasteiger partial charge in [-0.2, -0.15) is 5.10 Å². The largest absolute Gasteiger partial charge is 0.478 e. The Morgan fingerprint density at radius 2 is 1.84 bits per heavy atom. The molecular weight excluding hydrogens is 561 g/mol. The molecule has 1 saturated carbocycles. The van der Waals surface area contributed by atoms with Crippen LogP contribution in [-0.4, -0.2) is 70.4 Å². The van der Waals surface area contributed by atoms with Crippen molar-refractivity contribution in [2.45, 2.75) is 50.7 Å². The van der Waals surface area contributed by atoms with Crippen LogP contribution in [-0.2, 0) is 17.9 Å². The number of alkyl halides is 2. The number of amides is 1. The Morgan fingerprint density at radius 3 is 2.51 bits per heavy atom. The van der Waals surface area contributed by atoms with Crippen molar-refractivity contribution >= 4 is 11.9 Å². The van der Waals surface area contributed by atoms with Gasteiger partial charge in [-0.25, -0.2) is 18.0 Å². The third-order valence-electron chi connectivity index (χ3n) is 9.32. The lowest BCUT2D eigenvalue weighted by Crippen LogP contribution is -2.58. The van der Waals surface area contributed by atoms with Gasteiger partial charge in [-0.05, 0) is 47.6 Å². The molecule has 8 nitrogen and oxygen atoms in total. The second-order valence-electron chi connectivity index (χ2n) is 12.2. The van der Waals surface area contributed by atoms with Crippen LogP contribution in [0.1, 0.15) is 69.0 Å². The standard InChI is InChI=1S/C32H35F3N4O4/c33-26-6-4-21(5-7-26)13-39-14-24(12-37-39)29(40)38-15-25(31(20-38)18-36-19-31)17-43-16-23-2-1-3-27(28(23)30(41)42)22-8-10-32(34,35)11-9-22/h1-7,12,14,22,25,36H,8-11,13,15-20H2,(H,41,42)/t25-/m0/s1. The van der Waals surface area contributed by atoms with Gasteiger partial charge in [0.25, 0.3) is 5.91 Å². The fraction of sp³-hybridized carbons (Fsp3) is 0.469. The zero-order valence-electron chi connectivity index (χ0n) is 23.8. The molecule has 2 N–H and O–H groups in total. The van der Waals surface area contributed by atoms with E-state index in [9.17, 15) is 27.9 Å². The van der Waals surface area contributed by atoms with Gasteiger partial charge in [-0.15, -0.1) is 0 Å². The minimum atomic E-state index is -2.69. The molecule has 1 aliphatic carbocycles. The quantitative estimate of drug-likeness (QED) is 0.363. The Kier molecular flexibility index (Phi) is 8.04. The summed E-state index contributed by atoms with van der Waals surface area (Å²) in [5.74, 6) is -4.35. The van der Waals surface area contributed by atoms with Gasteiger partial charge in [0.15, 0.2) is 0 Å². The highest BCUT2D eigenvalue weighted by Gasteiger charge is 2.52. The number of carbonyl (C=O) groups is 2. The lowest BCUT2D eigenvalue weighted by atomic mass is 9.73. The topological polar surface area (TPSA) is 96.7 Å². The fourth-order valence-corrected chi connectivity index (χ4v) is 6.79. The van der Waals surface area contributed by atoms with Gasteiger partial charge < -0.3 is 20.1 Å². The second-order valence-corrected chi connectivity index (χ2v) is 12.2. The Morgan fingerprint density at radius 1 is 1.09 bits per heavy atom. The lowest BCUT2D eigenvalue weighted by molar-refractivity contribution is -0.0382. The van der Waals surface area contributed by atoms with E-state index in [-0.39, 0.29) is 66.8 Å². The van der Waals surface area contributed by atoms with Crippen LogP contribution in [0.3, 0.4) is 0 Å². The van der Waals surface area contributed by atoms with Gasteiger partial charge in [-0.3, -0.25) is 9.48 Å². The molecule has 1 spiro atoms. The summed E-state index contributed by atoms with van der Waals surface area (Å²) in [6, 6.07) is 11.4. The van der Waals surface area contributed by atoms with E-state index in [1.165, 1.54) is 12.1 Å². The third-order valence-corrected chi connectivity index (χ3v) is 9.32. The molecule has 0 bridgehead atoms. The third kappa shape index (κ3) is 6.19. The predicted molar refractivity (Wildman–Crippen MR) is 152 cm³/mol. The number of rotatable bonds is 9. The number of carbonyl (C=O) groups excluding carboxylic acids is 1. The molecule has 2 aliphatic heterocycles. The summed E-state index contributed by atoms with van der Waals surface area (Å²) in [4.78, 5) is 27.5. The summed E-state index contributed by atoms with van der Waals surface area (Å²) in [5, 5.41) is 17.7. The van der Waals surface area contributed by atoms with Gasteiger partial charge in [0.1, 0.15) is 5.82 Å². The number of carboxylic acids is 1. The summed E-state index contributed by atoms with van der Waals surface area (Å²) in [6.07, 6.45) is 3.29. The van der Waals surface area contributed by atoms with Gasteiger partial charge in [0, 0.05) is 56.6 Å². The van der Waals surface area contributed by atoms with Crippen molar-refractivity contribution < 1.29 is 32.6 Å². The number of carboxylic acid groups (broad SMARTS) is 1. The fourth-order valence-electron chi connectivity index (χ4n) is 6.79. The highest BCUT2D eigenvalue weighted by Crippen LogP contribution is 2.43. The first-order chi connectivity index (χ1) is 20.6. The minimum absolute atomic E-state index is 0.0593. The van der Waals surface area contributed by atoms with Crippen LogP contribution < -0.4 is 5.32 Å². The molecule has 3 heterocycles. The average Bonchev–Trinajstić information content (AvgIpc) is 3.59. The molecule has 1 amide bonds. The van der Waals surface area contributed by atoms with Crippen molar-refractivity contribution in [2.24, 2.45) is 11.3 Å². The highest BCUT2D eigenvalue weighted by molar-refractivity contribution is 5.94. The van der Waals surface area contributed by atoms with E-state index in [4.69, 9.17) is 4.74 Å². The van der Waals surface area contributed by atoms with E-state index in [1.807, 2.05) is 4.90 Å². The first-order valence-corrected chi connectivity index (χ1v) is 14.7. The second kappa shape index (κ2) is 11.8. The van der Waals surface area contributed by atoms with Crippen molar-refractivity contribution in [1.82, 2.24) is 20.0 Å². The number of aromatic carboxylic acids is 1. The van der Waals surface area contributed by atoms with Crippen molar-refractivity contribution in [3.63, 3.8) is 0 Å².